The summed E-state index contributed by atoms with van der Waals surface area (Å²) in [6.45, 7) is 4.14. The molecule has 1 atom stereocenters. The summed E-state index contributed by atoms with van der Waals surface area (Å²) in [7, 11) is 0. The molecule has 3 rings (SSSR count). The first-order chi connectivity index (χ1) is 8.74. The molecule has 0 fully saturated rings. The lowest BCUT2D eigenvalue weighted by atomic mass is 10.2. The smallest absolute Gasteiger partial charge is 0.0898 e. The number of aromatic nitrogens is 3. The van der Waals surface area contributed by atoms with Gasteiger partial charge in [-0.15, -0.1) is 11.3 Å². The van der Waals surface area contributed by atoms with Gasteiger partial charge in [-0.2, -0.15) is 5.10 Å². The van der Waals surface area contributed by atoms with Gasteiger partial charge in [0.2, 0.25) is 0 Å². The average Bonchev–Trinajstić information content (AvgIpc) is 2.97. The molecule has 1 unspecified atom stereocenters. The van der Waals surface area contributed by atoms with Gasteiger partial charge in [-0.3, -0.25) is 5.10 Å². The van der Waals surface area contributed by atoms with E-state index in [1.807, 2.05) is 25.3 Å². The maximum atomic E-state index is 4.50. The van der Waals surface area contributed by atoms with E-state index in [1.54, 1.807) is 11.3 Å². The second kappa shape index (κ2) is 4.42. The minimum absolute atomic E-state index is 0.184. The number of anilines is 1. The van der Waals surface area contributed by atoms with Crippen LogP contribution in [0.1, 0.15) is 23.7 Å². The molecule has 2 N–H and O–H groups in total. The van der Waals surface area contributed by atoms with Gasteiger partial charge in [0.1, 0.15) is 0 Å². The number of aromatic amines is 1. The van der Waals surface area contributed by atoms with E-state index in [2.05, 4.69) is 38.9 Å². The van der Waals surface area contributed by atoms with Crippen LogP contribution in [0.5, 0.6) is 0 Å². The maximum Gasteiger partial charge on any atom is 0.0898 e. The number of aryl methyl sites for hydroxylation is 1. The number of nitrogens with zero attached hydrogens (tertiary/aromatic N) is 2. The summed E-state index contributed by atoms with van der Waals surface area (Å²) in [6.07, 6.45) is 1.83. The number of fused-ring (bicyclic) bond motifs is 1. The lowest BCUT2D eigenvalue weighted by molar-refractivity contribution is 0.846. The minimum atomic E-state index is 0.184. The van der Waals surface area contributed by atoms with Gasteiger partial charge in [-0.25, -0.2) is 4.98 Å². The summed E-state index contributed by atoms with van der Waals surface area (Å²) in [6, 6.07) is 6.31. The molecule has 0 aliphatic rings. The molecule has 0 bridgehead atoms. The zero-order valence-corrected chi connectivity index (χ0v) is 11.1. The van der Waals surface area contributed by atoms with Crippen molar-refractivity contribution in [3.05, 3.63) is 40.5 Å². The Hall–Kier alpha value is -1.88. The number of para-hydroxylation sites is 1. The number of hydrogen-bond donors (Lipinski definition) is 2. The van der Waals surface area contributed by atoms with Crippen molar-refractivity contribution in [1.82, 2.24) is 15.2 Å². The van der Waals surface area contributed by atoms with Crippen molar-refractivity contribution >= 4 is 27.9 Å². The van der Waals surface area contributed by atoms with Gasteiger partial charge in [0.25, 0.3) is 0 Å². The summed E-state index contributed by atoms with van der Waals surface area (Å²) in [5.41, 5.74) is 3.17. The van der Waals surface area contributed by atoms with Crippen LogP contribution >= 0.6 is 11.3 Å². The highest BCUT2D eigenvalue weighted by Crippen LogP contribution is 2.25. The Morgan fingerprint density at radius 3 is 3.06 bits per heavy atom. The first-order valence-corrected chi connectivity index (χ1v) is 6.72. The Bertz CT molecular complexity index is 670. The molecule has 2 aromatic heterocycles. The Balaban J connectivity index is 1.90. The molecule has 2 heterocycles. The van der Waals surface area contributed by atoms with Crippen molar-refractivity contribution in [1.29, 1.82) is 0 Å². The minimum Gasteiger partial charge on any atom is -0.375 e. The highest BCUT2D eigenvalue weighted by atomic mass is 32.1. The van der Waals surface area contributed by atoms with Crippen LogP contribution in [0.4, 0.5) is 5.69 Å². The van der Waals surface area contributed by atoms with Crippen molar-refractivity contribution in [2.75, 3.05) is 5.32 Å². The van der Waals surface area contributed by atoms with Crippen LogP contribution in [0.15, 0.2) is 29.8 Å². The van der Waals surface area contributed by atoms with Crippen LogP contribution in [0.3, 0.4) is 0 Å². The molecule has 0 aliphatic carbocycles. The van der Waals surface area contributed by atoms with Crippen LogP contribution < -0.4 is 5.32 Å². The van der Waals surface area contributed by atoms with Crippen molar-refractivity contribution in [2.24, 2.45) is 0 Å². The molecular formula is C13H14N4S. The molecule has 92 valence electrons. The molecule has 0 saturated carbocycles. The molecule has 1 aromatic carbocycles. The summed E-state index contributed by atoms with van der Waals surface area (Å²) in [4.78, 5) is 4.50. The number of rotatable bonds is 3. The highest BCUT2D eigenvalue weighted by Gasteiger charge is 2.10. The van der Waals surface area contributed by atoms with E-state index in [1.165, 1.54) is 0 Å². The average molecular weight is 258 g/mol. The van der Waals surface area contributed by atoms with E-state index < -0.39 is 0 Å². The second-order valence-corrected chi connectivity index (χ2v) is 5.36. The fraction of sp³-hybridized carbons (Fsp3) is 0.231. The third-order valence-electron chi connectivity index (χ3n) is 2.93. The Kier molecular flexibility index (Phi) is 2.76. The van der Waals surface area contributed by atoms with Gasteiger partial charge in [-0.05, 0) is 19.9 Å². The van der Waals surface area contributed by atoms with E-state index in [-0.39, 0.29) is 6.04 Å². The largest absolute Gasteiger partial charge is 0.375 e. The first kappa shape index (κ1) is 11.2. The topological polar surface area (TPSA) is 53.6 Å². The summed E-state index contributed by atoms with van der Waals surface area (Å²) >= 11 is 1.68. The van der Waals surface area contributed by atoms with Crippen molar-refractivity contribution in [3.8, 4) is 0 Å². The molecule has 4 nitrogen and oxygen atoms in total. The van der Waals surface area contributed by atoms with Gasteiger partial charge >= 0.3 is 0 Å². The second-order valence-electron chi connectivity index (χ2n) is 4.30. The Morgan fingerprint density at radius 1 is 1.39 bits per heavy atom. The SMILES string of the molecule is Cc1nc(C(C)Nc2cccc3cn[nH]c23)cs1. The zero-order valence-electron chi connectivity index (χ0n) is 10.3. The van der Waals surface area contributed by atoms with Gasteiger partial charge in [0.15, 0.2) is 0 Å². The fourth-order valence-corrected chi connectivity index (χ4v) is 2.68. The molecule has 3 aromatic rings. The van der Waals surface area contributed by atoms with Crippen molar-refractivity contribution in [3.63, 3.8) is 0 Å². The highest BCUT2D eigenvalue weighted by molar-refractivity contribution is 7.09. The van der Waals surface area contributed by atoms with Gasteiger partial charge in [0, 0.05) is 10.8 Å². The number of hydrogen-bond acceptors (Lipinski definition) is 4. The van der Waals surface area contributed by atoms with Gasteiger partial charge in [0.05, 0.1) is 34.1 Å². The predicted octanol–water partition coefficient (Wildman–Crippen LogP) is 3.50. The van der Waals surface area contributed by atoms with Crippen LogP contribution in [0.2, 0.25) is 0 Å². The lowest BCUT2D eigenvalue weighted by Crippen LogP contribution is -2.07. The van der Waals surface area contributed by atoms with E-state index in [0.29, 0.717) is 0 Å². The summed E-state index contributed by atoms with van der Waals surface area (Å²) in [5, 5.41) is 14.9. The predicted molar refractivity (Wildman–Crippen MR) is 75.0 cm³/mol. The number of thiazole rings is 1. The molecule has 0 saturated heterocycles. The van der Waals surface area contributed by atoms with E-state index in [9.17, 15) is 0 Å². The number of benzene rings is 1. The molecule has 0 aliphatic heterocycles. The van der Waals surface area contributed by atoms with E-state index in [4.69, 9.17) is 0 Å². The fourth-order valence-electron chi connectivity index (χ4n) is 1.98. The molecule has 0 radical (unpaired) electrons. The van der Waals surface area contributed by atoms with Crippen LogP contribution in [0.25, 0.3) is 10.9 Å². The summed E-state index contributed by atoms with van der Waals surface area (Å²) in [5.74, 6) is 0. The normalized spacial score (nSPS) is 12.8. The third-order valence-corrected chi connectivity index (χ3v) is 3.72. The Morgan fingerprint density at radius 2 is 2.28 bits per heavy atom. The number of H-pyrrole nitrogens is 1. The third kappa shape index (κ3) is 1.97. The van der Waals surface area contributed by atoms with E-state index >= 15 is 0 Å². The maximum absolute atomic E-state index is 4.50. The molecule has 5 heteroatoms. The van der Waals surface area contributed by atoms with Gasteiger partial charge < -0.3 is 5.32 Å². The monoisotopic (exact) mass is 258 g/mol. The van der Waals surface area contributed by atoms with E-state index in [0.717, 1.165) is 27.3 Å². The zero-order chi connectivity index (χ0) is 12.5. The van der Waals surface area contributed by atoms with Crippen molar-refractivity contribution in [2.45, 2.75) is 19.9 Å². The standard InChI is InChI=1S/C13H14N4S/c1-8(12-7-18-9(2)16-12)15-11-5-3-4-10-6-14-17-13(10)11/h3-8,15H,1-2H3,(H,14,17). The lowest BCUT2D eigenvalue weighted by Gasteiger charge is -2.13. The molecule has 0 amide bonds. The van der Waals surface area contributed by atoms with Crippen LogP contribution in [0, 0.1) is 6.92 Å². The molecular weight excluding hydrogens is 244 g/mol. The van der Waals surface area contributed by atoms with Crippen molar-refractivity contribution < 1.29 is 0 Å². The molecule has 18 heavy (non-hydrogen) atoms. The van der Waals surface area contributed by atoms with Crippen LogP contribution in [-0.4, -0.2) is 15.2 Å². The quantitative estimate of drug-likeness (QED) is 0.756. The van der Waals surface area contributed by atoms with Gasteiger partial charge in [-0.1, -0.05) is 12.1 Å². The van der Waals surface area contributed by atoms with Crippen LogP contribution in [-0.2, 0) is 0 Å². The summed E-state index contributed by atoms with van der Waals surface area (Å²) < 4.78 is 0. The number of nitrogens with one attached hydrogen (secondary N) is 2. The Labute approximate surface area is 109 Å². The first-order valence-electron chi connectivity index (χ1n) is 5.84. The molecule has 0 spiro atoms.